The van der Waals surface area contributed by atoms with E-state index in [1.807, 2.05) is 0 Å². The van der Waals surface area contributed by atoms with E-state index in [1.54, 1.807) is 50.2 Å². The second-order valence-electron chi connectivity index (χ2n) is 8.78. The Bertz CT molecular complexity index is 1110. The molecule has 1 aliphatic heterocycles. The van der Waals surface area contributed by atoms with Crippen molar-refractivity contribution < 1.29 is 37.4 Å². The first-order chi connectivity index (χ1) is 17.1. The summed E-state index contributed by atoms with van der Waals surface area (Å²) in [7, 11) is 1.29. The lowest BCUT2D eigenvalue weighted by molar-refractivity contribution is -0.136. The summed E-state index contributed by atoms with van der Waals surface area (Å²) in [4.78, 5) is 38.6. The smallest absolute Gasteiger partial charge is 0.387 e. The second kappa shape index (κ2) is 11.8. The first kappa shape index (κ1) is 26.9. The summed E-state index contributed by atoms with van der Waals surface area (Å²) in [6.45, 7) is 2.41. The predicted octanol–water partition coefficient (Wildman–Crippen LogP) is 3.88. The minimum atomic E-state index is -2.99. The molecule has 3 rings (SSSR count). The number of carbonyl (C=O) groups excluding carboxylic acids is 3. The average Bonchev–Trinajstić information content (AvgIpc) is 3.29. The van der Waals surface area contributed by atoms with Gasteiger partial charge in [0.25, 0.3) is 0 Å². The molecule has 0 bridgehead atoms. The zero-order valence-corrected chi connectivity index (χ0v) is 20.6. The highest BCUT2D eigenvalue weighted by Gasteiger charge is 2.39. The van der Waals surface area contributed by atoms with Crippen LogP contribution in [0.2, 0.25) is 0 Å². The van der Waals surface area contributed by atoms with Gasteiger partial charge in [0.05, 0.1) is 18.8 Å². The number of nitrogens with one attached hydrogen (secondary N) is 1. The Balaban J connectivity index is 1.75. The molecular formula is C26H30F2N2O6. The van der Waals surface area contributed by atoms with Crippen molar-refractivity contribution in [1.82, 2.24) is 10.2 Å². The predicted molar refractivity (Wildman–Crippen MR) is 127 cm³/mol. The van der Waals surface area contributed by atoms with Gasteiger partial charge in [0, 0.05) is 25.9 Å². The van der Waals surface area contributed by atoms with E-state index in [9.17, 15) is 23.2 Å². The fourth-order valence-corrected chi connectivity index (χ4v) is 4.23. The molecule has 10 heteroatoms. The van der Waals surface area contributed by atoms with E-state index in [2.05, 4.69) is 10.1 Å². The number of alkyl halides is 2. The third-order valence-corrected chi connectivity index (χ3v) is 5.84. The summed E-state index contributed by atoms with van der Waals surface area (Å²) in [6, 6.07) is 10.7. The van der Waals surface area contributed by atoms with Crippen LogP contribution in [0.15, 0.2) is 42.5 Å². The first-order valence-corrected chi connectivity index (χ1v) is 11.6. The molecule has 1 aliphatic rings. The molecule has 1 fully saturated rings. The molecule has 8 nitrogen and oxygen atoms in total. The van der Waals surface area contributed by atoms with E-state index in [0.29, 0.717) is 24.1 Å². The lowest BCUT2D eigenvalue weighted by Crippen LogP contribution is -2.44. The first-order valence-electron chi connectivity index (χ1n) is 11.6. The molecule has 0 spiro atoms. The van der Waals surface area contributed by atoms with E-state index in [1.165, 1.54) is 25.0 Å². The van der Waals surface area contributed by atoms with Gasteiger partial charge in [-0.05, 0) is 55.7 Å². The Labute approximate surface area is 208 Å². The Morgan fingerprint density at radius 1 is 1.08 bits per heavy atom. The number of esters is 1. The highest BCUT2D eigenvalue weighted by atomic mass is 19.3. The summed E-state index contributed by atoms with van der Waals surface area (Å²) < 4.78 is 40.6. The molecule has 36 heavy (non-hydrogen) atoms. The number of amides is 2. The minimum absolute atomic E-state index is 0.0765. The van der Waals surface area contributed by atoms with Gasteiger partial charge < -0.3 is 24.4 Å². The fourth-order valence-electron chi connectivity index (χ4n) is 4.23. The number of carbonyl (C=O) groups is 3. The number of hydrogen-bond acceptors (Lipinski definition) is 6. The molecule has 2 aromatic rings. The molecule has 0 aliphatic carbocycles. The van der Waals surface area contributed by atoms with Crippen molar-refractivity contribution in [1.29, 1.82) is 0 Å². The van der Waals surface area contributed by atoms with Crippen LogP contribution in [0, 0.1) is 0 Å². The zero-order chi connectivity index (χ0) is 26.4. The molecule has 2 atom stereocenters. The summed E-state index contributed by atoms with van der Waals surface area (Å²) in [5.74, 6) is -1.16. The van der Waals surface area contributed by atoms with Crippen molar-refractivity contribution in [2.45, 2.75) is 58.4 Å². The van der Waals surface area contributed by atoms with Crippen molar-refractivity contribution in [3.05, 3.63) is 59.2 Å². The Morgan fingerprint density at radius 2 is 1.83 bits per heavy atom. The molecule has 1 saturated heterocycles. The number of likely N-dealkylation sites (tertiary alicyclic amines) is 1. The van der Waals surface area contributed by atoms with Crippen LogP contribution in [0.25, 0.3) is 0 Å². The van der Waals surface area contributed by atoms with Gasteiger partial charge in [0.15, 0.2) is 11.5 Å². The van der Waals surface area contributed by atoms with E-state index >= 15 is 0 Å². The van der Waals surface area contributed by atoms with E-state index in [0.717, 1.165) is 5.56 Å². The summed E-state index contributed by atoms with van der Waals surface area (Å²) >= 11 is 0. The normalized spacial score (nSPS) is 17.3. The zero-order valence-electron chi connectivity index (χ0n) is 20.6. The van der Waals surface area contributed by atoms with Crippen molar-refractivity contribution in [3.8, 4) is 11.5 Å². The maximum Gasteiger partial charge on any atom is 0.387 e. The lowest BCUT2D eigenvalue weighted by atomic mass is 9.95. The van der Waals surface area contributed by atoms with Gasteiger partial charge >= 0.3 is 12.6 Å². The number of halogens is 2. The number of benzene rings is 2. The maximum absolute atomic E-state index is 13.0. The summed E-state index contributed by atoms with van der Waals surface area (Å²) in [5, 5.41) is 2.84. The maximum atomic E-state index is 13.0. The highest BCUT2D eigenvalue weighted by molar-refractivity contribution is 5.90. The number of rotatable bonds is 9. The van der Waals surface area contributed by atoms with Crippen LogP contribution in [-0.4, -0.2) is 55.1 Å². The van der Waals surface area contributed by atoms with E-state index < -0.39 is 18.6 Å². The van der Waals surface area contributed by atoms with Crippen LogP contribution in [0.5, 0.6) is 11.5 Å². The van der Waals surface area contributed by atoms with E-state index in [-0.39, 0.29) is 41.9 Å². The molecule has 1 unspecified atom stereocenters. The largest absolute Gasteiger partial charge is 0.487 e. The number of hydrogen-bond donors (Lipinski definition) is 1. The SMILES string of the molecule is COC(=O)c1cccc(CNC(=O)[C@H]2CC(c3ccc(OC(F)F)c(OC(C)C)c3)CN2C(C)=O)c1. The topological polar surface area (TPSA) is 94.2 Å². The number of methoxy groups -OCH3 is 1. The van der Waals surface area contributed by atoms with Crippen molar-refractivity contribution in [3.63, 3.8) is 0 Å². The average molecular weight is 505 g/mol. The number of ether oxygens (including phenoxy) is 3. The molecule has 1 N–H and O–H groups in total. The highest BCUT2D eigenvalue weighted by Crippen LogP contribution is 2.38. The Morgan fingerprint density at radius 3 is 2.47 bits per heavy atom. The summed E-state index contributed by atoms with van der Waals surface area (Å²) in [5.41, 5.74) is 1.83. The van der Waals surface area contributed by atoms with Crippen molar-refractivity contribution in [2.24, 2.45) is 0 Å². The second-order valence-corrected chi connectivity index (χ2v) is 8.78. The molecular weight excluding hydrogens is 474 g/mol. The van der Waals surface area contributed by atoms with Crippen LogP contribution in [0.3, 0.4) is 0 Å². The van der Waals surface area contributed by atoms with Crippen LogP contribution in [-0.2, 0) is 20.9 Å². The quantitative estimate of drug-likeness (QED) is 0.521. The van der Waals surface area contributed by atoms with E-state index in [4.69, 9.17) is 9.47 Å². The van der Waals surface area contributed by atoms with Crippen molar-refractivity contribution >= 4 is 17.8 Å². The standard InChI is InChI=1S/C26H30F2N2O6/c1-15(2)35-23-12-18(8-9-22(23)36-26(27)28)20-11-21(30(14-20)16(3)31)24(32)29-13-17-6-5-7-19(10-17)25(33)34-4/h5-10,12,15,20-21,26H,11,13-14H2,1-4H3,(H,29,32)/t20?,21-/m1/s1. The molecule has 2 amide bonds. The third-order valence-electron chi connectivity index (χ3n) is 5.84. The van der Waals surface area contributed by atoms with Gasteiger partial charge in [0.1, 0.15) is 6.04 Å². The van der Waals surface area contributed by atoms with Crippen molar-refractivity contribution in [2.75, 3.05) is 13.7 Å². The van der Waals surface area contributed by atoms with Gasteiger partial charge in [-0.15, -0.1) is 0 Å². The third kappa shape index (κ3) is 6.71. The molecule has 0 aromatic heterocycles. The van der Waals surface area contributed by atoms with Gasteiger partial charge in [-0.1, -0.05) is 18.2 Å². The van der Waals surface area contributed by atoms with Crippen LogP contribution in [0.1, 0.15) is 54.6 Å². The Kier molecular flexibility index (Phi) is 8.84. The molecule has 0 saturated carbocycles. The van der Waals surface area contributed by atoms with Gasteiger partial charge in [-0.2, -0.15) is 8.78 Å². The van der Waals surface area contributed by atoms with Crippen LogP contribution in [0.4, 0.5) is 8.78 Å². The van der Waals surface area contributed by atoms with Crippen LogP contribution >= 0.6 is 0 Å². The van der Waals surface area contributed by atoms with Gasteiger partial charge in [0.2, 0.25) is 11.8 Å². The molecule has 2 aromatic carbocycles. The molecule has 1 heterocycles. The van der Waals surface area contributed by atoms with Crippen LogP contribution < -0.4 is 14.8 Å². The Hall–Kier alpha value is -3.69. The summed E-state index contributed by atoms with van der Waals surface area (Å²) in [6.07, 6.45) is 0.0813. The molecule has 0 radical (unpaired) electrons. The molecule has 194 valence electrons. The monoisotopic (exact) mass is 504 g/mol. The van der Waals surface area contributed by atoms with Gasteiger partial charge in [-0.25, -0.2) is 4.79 Å². The van der Waals surface area contributed by atoms with Gasteiger partial charge in [-0.3, -0.25) is 9.59 Å². The number of nitrogens with zero attached hydrogens (tertiary/aromatic N) is 1. The fraction of sp³-hybridized carbons (Fsp3) is 0.423. The minimum Gasteiger partial charge on any atom is -0.487 e. The lowest BCUT2D eigenvalue weighted by Gasteiger charge is -2.22.